The number of amides is 1. The number of hydrogen-bond acceptors (Lipinski definition) is 2. The lowest BCUT2D eigenvalue weighted by Crippen LogP contribution is -2.15. The molecule has 0 bridgehead atoms. The SMILES string of the molecule is Cc1cc(C)c(NC(=O)c2cc(Br)cc(N)c2C)c(Br)c1. The minimum Gasteiger partial charge on any atom is -0.398 e. The maximum Gasteiger partial charge on any atom is 0.256 e. The summed E-state index contributed by atoms with van der Waals surface area (Å²) in [6.07, 6.45) is 0. The van der Waals surface area contributed by atoms with Gasteiger partial charge in [0, 0.05) is 20.2 Å². The van der Waals surface area contributed by atoms with E-state index in [0.717, 1.165) is 31.3 Å². The van der Waals surface area contributed by atoms with Crippen LogP contribution in [-0.4, -0.2) is 5.91 Å². The van der Waals surface area contributed by atoms with E-state index in [4.69, 9.17) is 5.73 Å². The Kier molecular flexibility index (Phi) is 4.74. The Labute approximate surface area is 141 Å². The van der Waals surface area contributed by atoms with Crippen molar-refractivity contribution in [2.24, 2.45) is 0 Å². The number of rotatable bonds is 2. The smallest absolute Gasteiger partial charge is 0.256 e. The fraction of sp³-hybridized carbons (Fsp3) is 0.188. The van der Waals surface area contributed by atoms with Crippen molar-refractivity contribution in [1.29, 1.82) is 0 Å². The number of nitrogens with two attached hydrogens (primary N) is 1. The lowest BCUT2D eigenvalue weighted by atomic mass is 10.1. The van der Waals surface area contributed by atoms with E-state index in [0.29, 0.717) is 11.3 Å². The highest BCUT2D eigenvalue weighted by Gasteiger charge is 2.15. The number of hydrogen-bond donors (Lipinski definition) is 2. The molecule has 0 saturated carbocycles. The molecule has 0 unspecified atom stereocenters. The van der Waals surface area contributed by atoms with Crippen molar-refractivity contribution < 1.29 is 4.79 Å². The molecule has 0 aliphatic heterocycles. The zero-order chi connectivity index (χ0) is 15.7. The van der Waals surface area contributed by atoms with Crippen LogP contribution < -0.4 is 11.1 Å². The van der Waals surface area contributed by atoms with Gasteiger partial charge in [0.1, 0.15) is 0 Å². The van der Waals surface area contributed by atoms with Crippen LogP contribution in [0.3, 0.4) is 0 Å². The number of nitrogen functional groups attached to an aromatic ring is 1. The number of halogens is 2. The number of carbonyl (C=O) groups excluding carboxylic acids is 1. The van der Waals surface area contributed by atoms with Gasteiger partial charge in [0.2, 0.25) is 0 Å². The summed E-state index contributed by atoms with van der Waals surface area (Å²) >= 11 is 6.87. The summed E-state index contributed by atoms with van der Waals surface area (Å²) in [4.78, 5) is 12.5. The lowest BCUT2D eigenvalue weighted by Gasteiger charge is -2.14. The van der Waals surface area contributed by atoms with E-state index < -0.39 is 0 Å². The predicted octanol–water partition coefficient (Wildman–Crippen LogP) is 4.97. The van der Waals surface area contributed by atoms with Gasteiger partial charge in [-0.05, 0) is 71.6 Å². The molecule has 110 valence electrons. The largest absolute Gasteiger partial charge is 0.398 e. The number of benzene rings is 2. The zero-order valence-electron chi connectivity index (χ0n) is 12.1. The van der Waals surface area contributed by atoms with Gasteiger partial charge in [-0.1, -0.05) is 22.0 Å². The van der Waals surface area contributed by atoms with Crippen LogP contribution >= 0.6 is 31.9 Å². The van der Waals surface area contributed by atoms with Crippen LogP contribution in [0.15, 0.2) is 33.2 Å². The highest BCUT2D eigenvalue weighted by molar-refractivity contribution is 9.10. The standard InChI is InChI=1S/C16H16Br2N2O/c1-8-4-9(2)15(13(18)5-8)20-16(21)12-6-11(17)7-14(19)10(12)3/h4-7H,19H2,1-3H3,(H,20,21). The third-order valence-electron chi connectivity index (χ3n) is 3.33. The van der Waals surface area contributed by atoms with Gasteiger partial charge >= 0.3 is 0 Å². The first-order chi connectivity index (χ1) is 9.79. The molecule has 3 nitrogen and oxygen atoms in total. The van der Waals surface area contributed by atoms with Crippen molar-refractivity contribution in [3.63, 3.8) is 0 Å². The van der Waals surface area contributed by atoms with Crippen LogP contribution in [0.5, 0.6) is 0 Å². The Balaban J connectivity index is 2.40. The predicted molar refractivity (Wildman–Crippen MR) is 94.9 cm³/mol. The normalized spacial score (nSPS) is 10.5. The summed E-state index contributed by atoms with van der Waals surface area (Å²) in [6, 6.07) is 7.57. The number of aryl methyl sites for hydroxylation is 2. The van der Waals surface area contributed by atoms with Crippen LogP contribution in [0.25, 0.3) is 0 Å². The molecule has 0 aliphatic rings. The molecule has 0 saturated heterocycles. The van der Waals surface area contributed by atoms with Crippen molar-refractivity contribution in [2.75, 3.05) is 11.1 Å². The molecule has 0 fully saturated rings. The second-order valence-corrected chi connectivity index (χ2v) is 6.83. The number of nitrogens with one attached hydrogen (secondary N) is 1. The maximum atomic E-state index is 12.5. The molecule has 2 aromatic rings. The molecule has 1 amide bonds. The zero-order valence-corrected chi connectivity index (χ0v) is 15.2. The van der Waals surface area contributed by atoms with Crippen LogP contribution in [0.1, 0.15) is 27.0 Å². The van der Waals surface area contributed by atoms with Gasteiger partial charge < -0.3 is 11.1 Å². The maximum absolute atomic E-state index is 12.5. The summed E-state index contributed by atoms with van der Waals surface area (Å²) in [5, 5.41) is 2.96. The summed E-state index contributed by atoms with van der Waals surface area (Å²) in [5.41, 5.74) is 10.8. The average molecular weight is 412 g/mol. The van der Waals surface area contributed by atoms with Crippen LogP contribution in [-0.2, 0) is 0 Å². The molecule has 0 spiro atoms. The third-order valence-corrected chi connectivity index (χ3v) is 4.41. The molecule has 0 radical (unpaired) electrons. The Morgan fingerprint density at radius 2 is 1.76 bits per heavy atom. The molecule has 2 rings (SSSR count). The van der Waals surface area contributed by atoms with Crippen LogP contribution in [0.2, 0.25) is 0 Å². The van der Waals surface area contributed by atoms with E-state index in [1.54, 1.807) is 12.1 Å². The minimum absolute atomic E-state index is 0.173. The Morgan fingerprint density at radius 1 is 1.10 bits per heavy atom. The van der Waals surface area contributed by atoms with Gasteiger partial charge in [-0.3, -0.25) is 4.79 Å². The van der Waals surface area contributed by atoms with Crippen LogP contribution in [0.4, 0.5) is 11.4 Å². The number of carbonyl (C=O) groups is 1. The third kappa shape index (κ3) is 3.47. The van der Waals surface area contributed by atoms with Gasteiger partial charge in [-0.25, -0.2) is 0 Å². The summed E-state index contributed by atoms with van der Waals surface area (Å²) in [6.45, 7) is 5.83. The second-order valence-electron chi connectivity index (χ2n) is 5.06. The molecular weight excluding hydrogens is 396 g/mol. The first-order valence-corrected chi connectivity index (χ1v) is 8.02. The number of anilines is 2. The molecule has 0 atom stereocenters. The van der Waals surface area contributed by atoms with Crippen molar-refractivity contribution in [2.45, 2.75) is 20.8 Å². The molecule has 0 heterocycles. The van der Waals surface area contributed by atoms with Gasteiger partial charge in [0.05, 0.1) is 5.69 Å². The fourth-order valence-corrected chi connectivity index (χ4v) is 3.44. The van der Waals surface area contributed by atoms with E-state index in [1.165, 1.54) is 0 Å². The van der Waals surface area contributed by atoms with Crippen molar-refractivity contribution in [1.82, 2.24) is 0 Å². The topological polar surface area (TPSA) is 55.1 Å². The first-order valence-electron chi connectivity index (χ1n) is 6.43. The van der Waals surface area contributed by atoms with Gasteiger partial charge in [-0.2, -0.15) is 0 Å². The quantitative estimate of drug-likeness (QED) is 0.685. The van der Waals surface area contributed by atoms with E-state index in [2.05, 4.69) is 37.2 Å². The van der Waals surface area contributed by atoms with Crippen molar-refractivity contribution in [3.05, 3.63) is 55.5 Å². The summed E-state index contributed by atoms with van der Waals surface area (Å²) in [7, 11) is 0. The Hall–Kier alpha value is -1.33. The molecule has 2 aromatic carbocycles. The van der Waals surface area contributed by atoms with E-state index in [1.807, 2.05) is 32.9 Å². The molecule has 21 heavy (non-hydrogen) atoms. The monoisotopic (exact) mass is 410 g/mol. The minimum atomic E-state index is -0.173. The molecule has 3 N–H and O–H groups in total. The van der Waals surface area contributed by atoms with Crippen molar-refractivity contribution in [3.8, 4) is 0 Å². The second kappa shape index (κ2) is 6.20. The van der Waals surface area contributed by atoms with Crippen LogP contribution in [0, 0.1) is 20.8 Å². The van der Waals surface area contributed by atoms with Crippen molar-refractivity contribution >= 4 is 49.1 Å². The molecular formula is C16H16Br2N2O. The van der Waals surface area contributed by atoms with Gasteiger partial charge in [0.15, 0.2) is 0 Å². The van der Waals surface area contributed by atoms with E-state index >= 15 is 0 Å². The van der Waals surface area contributed by atoms with Gasteiger partial charge in [0.25, 0.3) is 5.91 Å². The molecule has 0 aliphatic carbocycles. The van der Waals surface area contributed by atoms with E-state index in [-0.39, 0.29) is 5.91 Å². The summed E-state index contributed by atoms with van der Waals surface area (Å²) < 4.78 is 1.66. The highest BCUT2D eigenvalue weighted by atomic mass is 79.9. The Bertz CT molecular complexity index is 703. The van der Waals surface area contributed by atoms with E-state index in [9.17, 15) is 4.79 Å². The molecule has 5 heteroatoms. The summed E-state index contributed by atoms with van der Waals surface area (Å²) in [5.74, 6) is -0.173. The highest BCUT2D eigenvalue weighted by Crippen LogP contribution is 2.29. The fourth-order valence-electron chi connectivity index (χ4n) is 2.19. The molecule has 0 aromatic heterocycles. The first kappa shape index (κ1) is 16.0. The average Bonchev–Trinajstić information content (AvgIpc) is 2.37. The Morgan fingerprint density at radius 3 is 2.38 bits per heavy atom. The van der Waals surface area contributed by atoms with Gasteiger partial charge in [-0.15, -0.1) is 0 Å². The lowest BCUT2D eigenvalue weighted by molar-refractivity contribution is 0.102.